The zero-order valence-electron chi connectivity index (χ0n) is 13.0. The molecule has 1 aliphatic rings. The highest BCUT2D eigenvalue weighted by Gasteiger charge is 2.35. The molecule has 2 heterocycles. The fraction of sp³-hybridized carbons (Fsp3) is 0.250. The van der Waals surface area contributed by atoms with E-state index in [-0.39, 0.29) is 10.1 Å². The van der Waals surface area contributed by atoms with Crippen LogP contribution < -0.4 is 4.72 Å². The number of amides is 1. The van der Waals surface area contributed by atoms with Crippen LogP contribution in [0.25, 0.3) is 0 Å². The standard InChI is InChI=1S/C16H14ClN3O3S2/c17-13-7-15(24-10-13)25(22,23)19-14-4-5-20(16(14)21)9-12-3-1-2-11(6-12)8-18/h1-3,6-7,10,14,19H,4-5,9H2/t14-/m0/s1. The minimum absolute atomic E-state index is 0.0884. The highest BCUT2D eigenvalue weighted by Crippen LogP contribution is 2.25. The van der Waals surface area contributed by atoms with Gasteiger partial charge in [-0.2, -0.15) is 9.98 Å². The molecule has 0 unspecified atom stereocenters. The van der Waals surface area contributed by atoms with Crippen molar-refractivity contribution < 1.29 is 13.2 Å². The maximum absolute atomic E-state index is 12.5. The molecule has 1 N–H and O–H groups in total. The Morgan fingerprint density at radius 3 is 2.88 bits per heavy atom. The number of halogens is 1. The summed E-state index contributed by atoms with van der Waals surface area (Å²) in [5.74, 6) is -0.270. The van der Waals surface area contributed by atoms with E-state index in [1.807, 2.05) is 6.07 Å². The van der Waals surface area contributed by atoms with Gasteiger partial charge in [-0.05, 0) is 30.2 Å². The van der Waals surface area contributed by atoms with Gasteiger partial charge < -0.3 is 4.90 Å². The van der Waals surface area contributed by atoms with Crippen molar-refractivity contribution in [1.82, 2.24) is 9.62 Å². The smallest absolute Gasteiger partial charge is 0.250 e. The first-order valence-electron chi connectivity index (χ1n) is 7.43. The molecule has 1 saturated heterocycles. The zero-order valence-corrected chi connectivity index (χ0v) is 15.4. The van der Waals surface area contributed by atoms with Crippen molar-refractivity contribution in [1.29, 1.82) is 5.26 Å². The molecule has 9 heteroatoms. The Morgan fingerprint density at radius 2 is 2.20 bits per heavy atom. The summed E-state index contributed by atoms with van der Waals surface area (Å²) in [7, 11) is -3.77. The molecule has 3 rings (SSSR count). The molecule has 0 bridgehead atoms. The van der Waals surface area contributed by atoms with Crippen LogP contribution in [-0.4, -0.2) is 31.8 Å². The lowest BCUT2D eigenvalue weighted by atomic mass is 10.1. The average Bonchev–Trinajstić information content (AvgIpc) is 3.16. The summed E-state index contributed by atoms with van der Waals surface area (Å²) < 4.78 is 27.2. The van der Waals surface area contributed by atoms with E-state index in [1.165, 1.54) is 11.4 Å². The fourth-order valence-corrected chi connectivity index (χ4v) is 5.30. The van der Waals surface area contributed by atoms with Crippen LogP contribution in [0.1, 0.15) is 17.5 Å². The predicted octanol–water partition coefficient (Wildman–Crippen LogP) is 2.35. The van der Waals surface area contributed by atoms with Gasteiger partial charge in [0, 0.05) is 18.5 Å². The van der Waals surface area contributed by atoms with E-state index in [2.05, 4.69) is 10.8 Å². The first-order valence-corrected chi connectivity index (χ1v) is 10.2. The minimum atomic E-state index is -3.77. The van der Waals surface area contributed by atoms with Gasteiger partial charge in [-0.25, -0.2) is 8.42 Å². The van der Waals surface area contributed by atoms with E-state index >= 15 is 0 Å². The highest BCUT2D eigenvalue weighted by atomic mass is 35.5. The Morgan fingerprint density at radius 1 is 1.40 bits per heavy atom. The molecule has 0 saturated carbocycles. The van der Waals surface area contributed by atoms with Crippen LogP contribution in [0.2, 0.25) is 5.02 Å². The van der Waals surface area contributed by atoms with Crippen molar-refractivity contribution in [3.8, 4) is 6.07 Å². The lowest BCUT2D eigenvalue weighted by molar-refractivity contribution is -0.129. The van der Waals surface area contributed by atoms with Gasteiger partial charge in [0.25, 0.3) is 10.0 Å². The lowest BCUT2D eigenvalue weighted by Crippen LogP contribution is -2.41. The summed E-state index contributed by atoms with van der Waals surface area (Å²) >= 11 is 6.78. The second kappa shape index (κ2) is 7.14. The van der Waals surface area contributed by atoms with Crippen molar-refractivity contribution in [3.63, 3.8) is 0 Å². The Balaban J connectivity index is 1.68. The first kappa shape index (κ1) is 17.9. The molecule has 1 atom stereocenters. The number of benzene rings is 1. The van der Waals surface area contributed by atoms with Crippen LogP contribution in [0.15, 0.2) is 39.9 Å². The van der Waals surface area contributed by atoms with Crippen molar-refractivity contribution in [2.75, 3.05) is 6.54 Å². The van der Waals surface area contributed by atoms with Crippen molar-refractivity contribution in [2.24, 2.45) is 0 Å². The minimum Gasteiger partial charge on any atom is -0.337 e. The Bertz CT molecular complexity index is 950. The largest absolute Gasteiger partial charge is 0.337 e. The van der Waals surface area contributed by atoms with Crippen LogP contribution in [0.5, 0.6) is 0 Å². The van der Waals surface area contributed by atoms with E-state index in [1.54, 1.807) is 23.1 Å². The monoisotopic (exact) mass is 395 g/mol. The van der Waals surface area contributed by atoms with E-state index in [4.69, 9.17) is 16.9 Å². The van der Waals surface area contributed by atoms with Gasteiger partial charge in [0.15, 0.2) is 0 Å². The molecular formula is C16H14ClN3O3S2. The topological polar surface area (TPSA) is 90.3 Å². The van der Waals surface area contributed by atoms with Crippen molar-refractivity contribution in [2.45, 2.75) is 23.2 Å². The third kappa shape index (κ3) is 4.02. The summed E-state index contributed by atoms with van der Waals surface area (Å²) in [6.45, 7) is 0.797. The number of nitriles is 1. The second-order valence-electron chi connectivity index (χ2n) is 5.62. The number of hydrogen-bond donors (Lipinski definition) is 1. The maximum Gasteiger partial charge on any atom is 0.250 e. The van der Waals surface area contributed by atoms with Crippen LogP contribution >= 0.6 is 22.9 Å². The van der Waals surface area contributed by atoms with Crippen molar-refractivity contribution in [3.05, 3.63) is 51.9 Å². The van der Waals surface area contributed by atoms with Gasteiger partial charge in [-0.3, -0.25) is 4.79 Å². The molecule has 1 fully saturated rings. The SMILES string of the molecule is N#Cc1cccc(CN2CC[C@H](NS(=O)(=O)c3cc(Cl)cs3)C2=O)c1. The molecule has 1 aliphatic heterocycles. The summed E-state index contributed by atoms with van der Waals surface area (Å²) in [5, 5.41) is 10.8. The van der Waals surface area contributed by atoms with Gasteiger partial charge >= 0.3 is 0 Å². The predicted molar refractivity (Wildman–Crippen MR) is 94.6 cm³/mol. The number of likely N-dealkylation sites (tertiary alicyclic amines) is 1. The number of hydrogen-bond acceptors (Lipinski definition) is 5. The normalized spacial score (nSPS) is 17.7. The molecule has 2 aromatic rings. The molecule has 0 radical (unpaired) electrons. The Labute approximate surface area is 154 Å². The number of carbonyl (C=O) groups excluding carboxylic acids is 1. The van der Waals surface area contributed by atoms with Crippen LogP contribution in [0, 0.1) is 11.3 Å². The van der Waals surface area contributed by atoms with E-state index in [0.717, 1.165) is 16.9 Å². The third-order valence-electron chi connectivity index (χ3n) is 3.83. The number of nitrogens with zero attached hydrogens (tertiary/aromatic N) is 2. The van der Waals surface area contributed by atoms with Gasteiger partial charge in [0.05, 0.1) is 16.7 Å². The first-order chi connectivity index (χ1) is 11.9. The molecule has 1 aromatic carbocycles. The molecule has 1 aromatic heterocycles. The average molecular weight is 396 g/mol. The Kier molecular flexibility index (Phi) is 5.11. The fourth-order valence-electron chi connectivity index (χ4n) is 2.65. The van der Waals surface area contributed by atoms with Gasteiger partial charge in [-0.1, -0.05) is 23.7 Å². The molecule has 6 nitrogen and oxygen atoms in total. The molecule has 25 heavy (non-hydrogen) atoms. The summed E-state index contributed by atoms with van der Waals surface area (Å²) in [4.78, 5) is 14.1. The summed E-state index contributed by atoms with van der Waals surface area (Å²) in [5.41, 5.74) is 1.36. The molecular weight excluding hydrogens is 382 g/mol. The van der Waals surface area contributed by atoms with Gasteiger partial charge in [0.1, 0.15) is 10.3 Å². The Hall–Kier alpha value is -1.92. The highest BCUT2D eigenvalue weighted by molar-refractivity contribution is 7.91. The molecule has 0 spiro atoms. The number of sulfonamides is 1. The quantitative estimate of drug-likeness (QED) is 0.841. The number of thiophene rings is 1. The van der Waals surface area contributed by atoms with Crippen LogP contribution in [0.3, 0.4) is 0 Å². The van der Waals surface area contributed by atoms with Gasteiger partial charge in [0.2, 0.25) is 5.91 Å². The third-order valence-corrected chi connectivity index (χ3v) is 7.09. The van der Waals surface area contributed by atoms with E-state index < -0.39 is 16.1 Å². The van der Waals surface area contributed by atoms with E-state index in [9.17, 15) is 13.2 Å². The molecule has 1 amide bonds. The molecule has 130 valence electrons. The summed E-state index contributed by atoms with van der Waals surface area (Å²) in [6.07, 6.45) is 0.398. The number of rotatable bonds is 5. The second-order valence-corrected chi connectivity index (χ2v) is 8.91. The van der Waals surface area contributed by atoms with Gasteiger partial charge in [-0.15, -0.1) is 11.3 Å². The van der Waals surface area contributed by atoms with Crippen LogP contribution in [-0.2, 0) is 21.4 Å². The van der Waals surface area contributed by atoms with E-state index in [0.29, 0.717) is 30.1 Å². The number of carbonyl (C=O) groups is 1. The van der Waals surface area contributed by atoms with Crippen molar-refractivity contribution >= 4 is 38.9 Å². The lowest BCUT2D eigenvalue weighted by Gasteiger charge is -2.17. The van der Waals surface area contributed by atoms with Crippen LogP contribution in [0.4, 0.5) is 0 Å². The zero-order chi connectivity index (χ0) is 18.0. The maximum atomic E-state index is 12.5. The number of nitrogens with one attached hydrogen (secondary N) is 1. The summed E-state index contributed by atoms with van der Waals surface area (Å²) in [6, 6.07) is 9.64. The molecule has 0 aliphatic carbocycles.